The van der Waals surface area contributed by atoms with E-state index in [0.29, 0.717) is 22.5 Å². The number of benzene rings is 1. The Morgan fingerprint density at radius 2 is 1.71 bits per heavy atom. The van der Waals surface area contributed by atoms with Crippen molar-refractivity contribution in [1.82, 2.24) is 4.98 Å². The average Bonchev–Trinajstić information content (AvgIpc) is 2.86. The molecule has 0 bridgehead atoms. The molecule has 0 radical (unpaired) electrons. The predicted octanol–water partition coefficient (Wildman–Crippen LogP) is 2.75. The van der Waals surface area contributed by atoms with Gasteiger partial charge in [-0.2, -0.15) is 0 Å². The maximum Gasteiger partial charge on any atom is 0.340 e. The van der Waals surface area contributed by atoms with Crippen LogP contribution >= 0.6 is 0 Å². The van der Waals surface area contributed by atoms with Crippen molar-refractivity contribution in [3.05, 3.63) is 64.0 Å². The van der Waals surface area contributed by atoms with Gasteiger partial charge in [0.25, 0.3) is 0 Å². The number of carbonyl (C=O) groups is 3. The van der Waals surface area contributed by atoms with Crippen molar-refractivity contribution in [3.8, 4) is 0 Å². The molecule has 0 aliphatic rings. The Morgan fingerprint density at radius 3 is 2.33 bits per heavy atom. The zero-order valence-corrected chi connectivity index (χ0v) is 13.5. The fraction of sp³-hybridized carbons (Fsp3) is 0.167. The highest BCUT2D eigenvalue weighted by molar-refractivity contribution is 6.17. The molecule has 124 valence electrons. The number of ether oxygens (including phenoxy) is 1. The molecule has 0 aliphatic carbocycles. The number of carboxylic acids is 1. The van der Waals surface area contributed by atoms with Gasteiger partial charge in [-0.25, -0.2) is 9.59 Å². The van der Waals surface area contributed by atoms with Crippen molar-refractivity contribution >= 4 is 23.8 Å². The fourth-order valence-corrected chi connectivity index (χ4v) is 2.57. The van der Waals surface area contributed by atoms with Crippen molar-refractivity contribution in [2.24, 2.45) is 0 Å². The van der Waals surface area contributed by atoms with Gasteiger partial charge in [0.15, 0.2) is 5.78 Å². The van der Waals surface area contributed by atoms with Gasteiger partial charge >= 0.3 is 11.9 Å². The van der Waals surface area contributed by atoms with Crippen molar-refractivity contribution < 1.29 is 24.2 Å². The van der Waals surface area contributed by atoms with Gasteiger partial charge in [-0.15, -0.1) is 0 Å². The third kappa shape index (κ3) is 3.27. The summed E-state index contributed by atoms with van der Waals surface area (Å²) in [6.07, 6.45) is 2.31. The highest BCUT2D eigenvalue weighted by atomic mass is 16.5. The van der Waals surface area contributed by atoms with Crippen LogP contribution in [0.3, 0.4) is 0 Å². The van der Waals surface area contributed by atoms with Crippen LogP contribution in [0, 0.1) is 13.8 Å². The molecule has 0 amide bonds. The van der Waals surface area contributed by atoms with E-state index in [0.717, 1.165) is 6.08 Å². The number of aromatic nitrogens is 1. The van der Waals surface area contributed by atoms with Crippen molar-refractivity contribution in [2.45, 2.75) is 13.8 Å². The van der Waals surface area contributed by atoms with E-state index in [4.69, 9.17) is 9.84 Å². The van der Waals surface area contributed by atoms with Gasteiger partial charge in [-0.05, 0) is 25.5 Å². The van der Waals surface area contributed by atoms with Gasteiger partial charge in [-0.3, -0.25) is 4.79 Å². The molecular formula is C18H17NO5. The van der Waals surface area contributed by atoms with Gasteiger partial charge in [0.2, 0.25) is 0 Å². The Kier molecular flexibility index (Phi) is 4.99. The lowest BCUT2D eigenvalue weighted by atomic mass is 9.95. The van der Waals surface area contributed by atoms with E-state index in [1.807, 2.05) is 0 Å². The maximum atomic E-state index is 13.0. The van der Waals surface area contributed by atoms with Crippen molar-refractivity contribution in [1.29, 1.82) is 0 Å². The van der Waals surface area contributed by atoms with Gasteiger partial charge in [0.1, 0.15) is 0 Å². The van der Waals surface area contributed by atoms with Gasteiger partial charge < -0.3 is 14.8 Å². The minimum Gasteiger partial charge on any atom is -0.478 e. The summed E-state index contributed by atoms with van der Waals surface area (Å²) in [5.74, 6) is -2.08. The van der Waals surface area contributed by atoms with E-state index in [1.165, 1.54) is 13.2 Å². The topological polar surface area (TPSA) is 96.5 Å². The van der Waals surface area contributed by atoms with E-state index in [2.05, 4.69) is 4.98 Å². The molecule has 2 N–H and O–H groups in total. The van der Waals surface area contributed by atoms with Crippen LogP contribution in [0.5, 0.6) is 0 Å². The minimum atomic E-state index is -1.11. The summed E-state index contributed by atoms with van der Waals surface area (Å²) in [6.45, 7) is 3.38. The normalized spacial score (nSPS) is 10.8. The van der Waals surface area contributed by atoms with Crippen molar-refractivity contribution in [3.63, 3.8) is 0 Å². The molecule has 0 aliphatic heterocycles. The number of rotatable bonds is 5. The first-order chi connectivity index (χ1) is 11.4. The van der Waals surface area contributed by atoms with E-state index in [9.17, 15) is 14.4 Å². The number of hydrogen-bond acceptors (Lipinski definition) is 4. The Morgan fingerprint density at radius 1 is 1.08 bits per heavy atom. The van der Waals surface area contributed by atoms with Crippen LogP contribution in [-0.2, 0) is 9.53 Å². The zero-order valence-electron chi connectivity index (χ0n) is 13.5. The molecule has 6 nitrogen and oxygen atoms in total. The highest BCUT2D eigenvalue weighted by Gasteiger charge is 2.26. The third-order valence-corrected chi connectivity index (χ3v) is 3.60. The molecule has 1 aromatic heterocycles. The zero-order chi connectivity index (χ0) is 17.9. The minimum absolute atomic E-state index is 0.192. The summed E-state index contributed by atoms with van der Waals surface area (Å²) in [7, 11) is 1.25. The molecule has 1 aromatic carbocycles. The second kappa shape index (κ2) is 6.95. The van der Waals surface area contributed by atoms with Crippen LogP contribution < -0.4 is 0 Å². The number of ketones is 1. The summed E-state index contributed by atoms with van der Waals surface area (Å²) in [4.78, 5) is 38.7. The number of H-pyrrole nitrogens is 1. The molecule has 0 atom stereocenters. The summed E-state index contributed by atoms with van der Waals surface area (Å²) >= 11 is 0. The van der Waals surface area contributed by atoms with Gasteiger partial charge in [0, 0.05) is 23.0 Å². The Labute approximate surface area is 138 Å². The maximum absolute atomic E-state index is 13.0. The first-order valence-corrected chi connectivity index (χ1v) is 7.19. The Hall–Kier alpha value is -3.15. The number of methoxy groups -OCH3 is 1. The SMILES string of the molecule is COC(=O)c1c(C)[nH]c(C)c1C(=O)c1ccccc1/C=C/C(=O)O. The summed E-state index contributed by atoms with van der Waals surface area (Å²) in [5.41, 5.74) is 2.28. The lowest BCUT2D eigenvalue weighted by molar-refractivity contribution is -0.131. The van der Waals surface area contributed by atoms with E-state index >= 15 is 0 Å². The molecule has 0 saturated carbocycles. The first kappa shape index (κ1) is 17.2. The Balaban J connectivity index is 2.59. The number of nitrogens with one attached hydrogen (secondary N) is 1. The molecule has 2 rings (SSSR count). The van der Waals surface area contributed by atoms with Gasteiger partial charge in [-0.1, -0.05) is 24.3 Å². The quantitative estimate of drug-likeness (QED) is 0.500. The number of carbonyl (C=O) groups excluding carboxylic acids is 2. The molecule has 0 fully saturated rings. The summed E-state index contributed by atoms with van der Waals surface area (Å²) in [5, 5.41) is 8.78. The number of hydrogen-bond donors (Lipinski definition) is 2. The third-order valence-electron chi connectivity index (χ3n) is 3.60. The number of esters is 1. The number of aryl methyl sites for hydroxylation is 2. The molecular weight excluding hydrogens is 310 g/mol. The average molecular weight is 327 g/mol. The molecule has 1 heterocycles. The molecule has 6 heteroatoms. The van der Waals surface area contributed by atoms with Crippen LogP contribution in [0.2, 0.25) is 0 Å². The van der Waals surface area contributed by atoms with Crippen LogP contribution in [-0.4, -0.2) is 34.9 Å². The number of aromatic amines is 1. The summed E-state index contributed by atoms with van der Waals surface area (Å²) in [6, 6.07) is 6.61. The van der Waals surface area contributed by atoms with Crippen LogP contribution in [0.25, 0.3) is 6.08 Å². The molecule has 0 saturated heterocycles. The second-order valence-corrected chi connectivity index (χ2v) is 5.20. The molecule has 0 unspecified atom stereocenters. The van der Waals surface area contributed by atoms with E-state index < -0.39 is 11.9 Å². The largest absolute Gasteiger partial charge is 0.478 e. The van der Waals surface area contributed by atoms with E-state index in [1.54, 1.807) is 38.1 Å². The Bertz CT molecular complexity index is 845. The fourth-order valence-electron chi connectivity index (χ4n) is 2.57. The smallest absolute Gasteiger partial charge is 0.340 e. The molecule has 2 aromatic rings. The highest BCUT2D eigenvalue weighted by Crippen LogP contribution is 2.24. The number of aliphatic carboxylic acids is 1. The van der Waals surface area contributed by atoms with Crippen LogP contribution in [0.1, 0.15) is 43.2 Å². The predicted molar refractivity (Wildman–Crippen MR) is 88.2 cm³/mol. The number of carboxylic acid groups (broad SMARTS) is 1. The standard InChI is InChI=1S/C18H17NO5/c1-10-15(16(11(2)19-10)18(23)24-3)17(22)13-7-5-4-6-12(13)8-9-14(20)21/h4-9,19H,1-3H3,(H,20,21)/b9-8+. The first-order valence-electron chi connectivity index (χ1n) is 7.19. The van der Waals surface area contributed by atoms with Crippen LogP contribution in [0.15, 0.2) is 30.3 Å². The lowest BCUT2D eigenvalue weighted by Gasteiger charge is -2.07. The second-order valence-electron chi connectivity index (χ2n) is 5.20. The lowest BCUT2D eigenvalue weighted by Crippen LogP contribution is -2.12. The van der Waals surface area contributed by atoms with E-state index in [-0.39, 0.29) is 16.9 Å². The molecule has 24 heavy (non-hydrogen) atoms. The molecule has 0 spiro atoms. The monoisotopic (exact) mass is 327 g/mol. The van der Waals surface area contributed by atoms with Gasteiger partial charge in [0.05, 0.1) is 18.2 Å². The van der Waals surface area contributed by atoms with Crippen molar-refractivity contribution in [2.75, 3.05) is 7.11 Å². The van der Waals surface area contributed by atoms with Crippen LogP contribution in [0.4, 0.5) is 0 Å². The summed E-state index contributed by atoms with van der Waals surface area (Å²) < 4.78 is 4.76.